The van der Waals surface area contributed by atoms with Crippen LogP contribution in [0.4, 0.5) is 10.1 Å². The van der Waals surface area contributed by atoms with Crippen LogP contribution >= 0.6 is 0 Å². The van der Waals surface area contributed by atoms with E-state index in [0.29, 0.717) is 25.2 Å². The highest BCUT2D eigenvalue weighted by Gasteiger charge is 2.38. The number of hydrogen-bond donors (Lipinski definition) is 1. The fourth-order valence-corrected chi connectivity index (χ4v) is 4.03. The minimum atomic E-state index is -0.320. The van der Waals surface area contributed by atoms with Crippen molar-refractivity contribution in [3.8, 4) is 0 Å². The Morgan fingerprint density at radius 3 is 3.04 bits per heavy atom. The molecule has 2 aliphatic heterocycles. The van der Waals surface area contributed by atoms with Crippen LogP contribution in [0.1, 0.15) is 19.3 Å². The van der Waals surface area contributed by atoms with Crippen molar-refractivity contribution in [3.05, 3.63) is 36.3 Å². The lowest BCUT2D eigenvalue weighted by atomic mass is 9.89. The molecule has 4 rings (SSSR count). The molecule has 2 aromatic rings. The van der Waals surface area contributed by atoms with Gasteiger partial charge in [0, 0.05) is 42.4 Å². The first kappa shape index (κ1) is 14.8. The van der Waals surface area contributed by atoms with Gasteiger partial charge in [-0.05, 0) is 31.4 Å². The molecule has 2 saturated heterocycles. The number of fused-ring (bicyclic) bond motifs is 1. The summed E-state index contributed by atoms with van der Waals surface area (Å²) >= 11 is 0. The summed E-state index contributed by atoms with van der Waals surface area (Å²) in [5.41, 5.74) is 1.42. The highest BCUT2D eigenvalue weighted by atomic mass is 19.1. The Morgan fingerprint density at radius 2 is 2.17 bits per heavy atom. The Kier molecular flexibility index (Phi) is 3.91. The van der Waals surface area contributed by atoms with Crippen molar-refractivity contribution in [2.75, 3.05) is 24.7 Å². The summed E-state index contributed by atoms with van der Waals surface area (Å²) in [6.07, 6.45) is 4.15. The molecule has 4 nitrogen and oxygen atoms in total. The normalized spacial score (nSPS) is 28.4. The van der Waals surface area contributed by atoms with Crippen molar-refractivity contribution in [2.24, 2.45) is 5.92 Å². The summed E-state index contributed by atoms with van der Waals surface area (Å²) < 4.78 is 19.6. The van der Waals surface area contributed by atoms with E-state index >= 15 is 0 Å². The van der Waals surface area contributed by atoms with Crippen LogP contribution in [0.3, 0.4) is 0 Å². The number of aliphatic hydroxyl groups is 1. The lowest BCUT2D eigenvalue weighted by Crippen LogP contribution is -2.46. The first-order valence-electron chi connectivity index (χ1n) is 8.31. The quantitative estimate of drug-likeness (QED) is 0.925. The van der Waals surface area contributed by atoms with Crippen LogP contribution in [0, 0.1) is 11.7 Å². The summed E-state index contributed by atoms with van der Waals surface area (Å²) in [5, 5.41) is 11.2. The van der Waals surface area contributed by atoms with Crippen LogP contribution < -0.4 is 4.90 Å². The molecular weight excluding hydrogens is 295 g/mol. The molecule has 5 heteroatoms. The highest BCUT2D eigenvalue weighted by molar-refractivity contribution is 5.92. The first-order valence-corrected chi connectivity index (χ1v) is 8.31. The molecule has 0 aliphatic carbocycles. The van der Waals surface area contributed by atoms with E-state index in [1.807, 2.05) is 12.1 Å². The average Bonchev–Trinajstić information content (AvgIpc) is 3.04. The fraction of sp³-hybridized carbons (Fsp3) is 0.500. The van der Waals surface area contributed by atoms with E-state index in [9.17, 15) is 9.50 Å². The number of ether oxygens (including phenoxy) is 1. The standard InChI is InChI=1S/C18H21FN2O2/c19-14-4-1-3-12-16(6-8-20-18(12)14)21-9-2-5-15(21)13-11-23-10-7-17(13)22/h1,3-4,6,8,13,15,17,22H,2,5,7,9-11H2/t13-,15-,17-/m1/s1. The van der Waals surface area contributed by atoms with Crippen LogP contribution in [0.2, 0.25) is 0 Å². The van der Waals surface area contributed by atoms with E-state index in [2.05, 4.69) is 9.88 Å². The zero-order valence-electron chi connectivity index (χ0n) is 13.0. The van der Waals surface area contributed by atoms with Gasteiger partial charge in [0.1, 0.15) is 11.3 Å². The van der Waals surface area contributed by atoms with Gasteiger partial charge in [0.2, 0.25) is 0 Å². The number of aromatic nitrogens is 1. The number of para-hydroxylation sites is 1. The van der Waals surface area contributed by atoms with E-state index in [0.717, 1.165) is 30.5 Å². The number of pyridine rings is 1. The predicted molar refractivity (Wildman–Crippen MR) is 87.0 cm³/mol. The van der Waals surface area contributed by atoms with E-state index < -0.39 is 0 Å². The van der Waals surface area contributed by atoms with Gasteiger partial charge in [-0.2, -0.15) is 0 Å². The van der Waals surface area contributed by atoms with Gasteiger partial charge < -0.3 is 14.7 Å². The van der Waals surface area contributed by atoms with Crippen molar-refractivity contribution in [1.82, 2.24) is 4.98 Å². The van der Waals surface area contributed by atoms with Crippen molar-refractivity contribution in [1.29, 1.82) is 0 Å². The second kappa shape index (κ2) is 6.06. The van der Waals surface area contributed by atoms with Crippen LogP contribution in [-0.2, 0) is 4.74 Å². The molecular formula is C18H21FN2O2. The topological polar surface area (TPSA) is 45.6 Å². The molecule has 0 amide bonds. The molecule has 0 radical (unpaired) electrons. The summed E-state index contributed by atoms with van der Waals surface area (Å²) in [7, 11) is 0. The van der Waals surface area contributed by atoms with Crippen LogP contribution in [-0.4, -0.2) is 42.0 Å². The lowest BCUT2D eigenvalue weighted by Gasteiger charge is -2.38. The van der Waals surface area contributed by atoms with E-state index in [-0.39, 0.29) is 23.9 Å². The molecule has 3 heterocycles. The third-order valence-electron chi connectivity index (χ3n) is 5.16. The number of aliphatic hydroxyl groups excluding tert-OH is 1. The smallest absolute Gasteiger partial charge is 0.149 e. The minimum absolute atomic E-state index is 0.114. The summed E-state index contributed by atoms with van der Waals surface area (Å²) in [4.78, 5) is 6.50. The van der Waals surface area contributed by atoms with Crippen molar-refractivity contribution < 1.29 is 14.2 Å². The Balaban J connectivity index is 1.73. The van der Waals surface area contributed by atoms with Crippen LogP contribution in [0.15, 0.2) is 30.5 Å². The van der Waals surface area contributed by atoms with Crippen molar-refractivity contribution in [2.45, 2.75) is 31.4 Å². The van der Waals surface area contributed by atoms with E-state index in [1.165, 1.54) is 6.07 Å². The number of hydrogen-bond acceptors (Lipinski definition) is 4. The highest BCUT2D eigenvalue weighted by Crippen LogP contribution is 2.36. The maximum Gasteiger partial charge on any atom is 0.149 e. The predicted octanol–water partition coefficient (Wildman–Crippen LogP) is 2.74. The summed E-state index contributed by atoms with van der Waals surface area (Å²) in [6, 6.07) is 7.28. The first-order chi connectivity index (χ1) is 11.3. The van der Waals surface area contributed by atoms with Gasteiger partial charge in [0.15, 0.2) is 0 Å². The molecule has 122 valence electrons. The molecule has 1 N–H and O–H groups in total. The van der Waals surface area contributed by atoms with Gasteiger partial charge in [0.25, 0.3) is 0 Å². The Labute approximate surface area is 134 Å². The molecule has 0 saturated carbocycles. The lowest BCUT2D eigenvalue weighted by molar-refractivity contribution is -0.0437. The monoisotopic (exact) mass is 316 g/mol. The third-order valence-corrected chi connectivity index (χ3v) is 5.16. The number of benzene rings is 1. The summed E-state index contributed by atoms with van der Waals surface area (Å²) in [6.45, 7) is 2.15. The van der Waals surface area contributed by atoms with E-state index in [1.54, 1.807) is 12.3 Å². The van der Waals surface area contributed by atoms with Gasteiger partial charge in [0.05, 0.1) is 12.7 Å². The molecule has 3 atom stereocenters. The number of halogens is 1. The fourth-order valence-electron chi connectivity index (χ4n) is 4.03. The molecule has 1 aromatic carbocycles. The molecule has 0 bridgehead atoms. The maximum absolute atomic E-state index is 14.0. The van der Waals surface area contributed by atoms with Gasteiger partial charge in [-0.1, -0.05) is 12.1 Å². The van der Waals surface area contributed by atoms with Gasteiger partial charge in [-0.3, -0.25) is 4.98 Å². The Bertz CT molecular complexity index is 708. The van der Waals surface area contributed by atoms with Gasteiger partial charge in [-0.15, -0.1) is 0 Å². The average molecular weight is 316 g/mol. The molecule has 2 aliphatic rings. The zero-order chi connectivity index (χ0) is 15.8. The second-order valence-corrected chi connectivity index (χ2v) is 6.46. The molecule has 0 spiro atoms. The maximum atomic E-state index is 14.0. The van der Waals surface area contributed by atoms with Crippen LogP contribution in [0.25, 0.3) is 10.9 Å². The molecule has 1 aromatic heterocycles. The molecule has 23 heavy (non-hydrogen) atoms. The van der Waals surface area contributed by atoms with Gasteiger partial charge >= 0.3 is 0 Å². The van der Waals surface area contributed by atoms with Gasteiger partial charge in [-0.25, -0.2) is 4.39 Å². The van der Waals surface area contributed by atoms with Crippen LogP contribution in [0.5, 0.6) is 0 Å². The summed E-state index contributed by atoms with van der Waals surface area (Å²) in [5.74, 6) is -0.177. The molecule has 0 unspecified atom stereocenters. The minimum Gasteiger partial charge on any atom is -0.393 e. The number of nitrogens with zero attached hydrogens (tertiary/aromatic N) is 2. The largest absolute Gasteiger partial charge is 0.393 e. The van der Waals surface area contributed by atoms with Crippen molar-refractivity contribution >= 4 is 16.6 Å². The Morgan fingerprint density at radius 1 is 1.26 bits per heavy atom. The van der Waals surface area contributed by atoms with Crippen molar-refractivity contribution in [3.63, 3.8) is 0 Å². The SMILES string of the molecule is O[C@@H]1CCOC[C@@H]1[C@H]1CCCN1c1ccnc2c(F)cccc12. The zero-order valence-corrected chi connectivity index (χ0v) is 13.0. The molecule has 2 fully saturated rings. The third kappa shape index (κ3) is 2.58. The Hall–Kier alpha value is -1.72. The number of rotatable bonds is 2. The second-order valence-electron chi connectivity index (χ2n) is 6.46. The van der Waals surface area contributed by atoms with E-state index in [4.69, 9.17) is 4.74 Å². The number of anilines is 1.